The summed E-state index contributed by atoms with van der Waals surface area (Å²) in [5.41, 5.74) is 4.97. The van der Waals surface area contributed by atoms with Crippen molar-refractivity contribution in [3.63, 3.8) is 0 Å². The third-order valence-corrected chi connectivity index (χ3v) is 6.48. The zero-order valence-corrected chi connectivity index (χ0v) is 21.8. The summed E-state index contributed by atoms with van der Waals surface area (Å²) in [7, 11) is 0. The van der Waals surface area contributed by atoms with Crippen LogP contribution in [0.15, 0.2) is 91.1 Å². The van der Waals surface area contributed by atoms with Gasteiger partial charge in [-0.25, -0.2) is 4.58 Å². The lowest BCUT2D eigenvalue weighted by molar-refractivity contribution is -0.466. The largest absolute Gasteiger partial charge is 0.542 e. The quantitative estimate of drug-likeness (QED) is 0.352. The maximum atomic E-state index is 12.0. The van der Waals surface area contributed by atoms with Gasteiger partial charge in [-0.15, -0.1) is 0 Å². The Bertz CT molecular complexity index is 1400. The van der Waals surface area contributed by atoms with E-state index < -0.39 is 35.9 Å². The van der Waals surface area contributed by atoms with E-state index in [2.05, 4.69) is 47.3 Å². The fourth-order valence-corrected chi connectivity index (χ4v) is 4.34. The number of aliphatic carboxylic acids is 3. The molecule has 0 fully saturated rings. The van der Waals surface area contributed by atoms with Crippen molar-refractivity contribution in [1.82, 2.24) is 0 Å². The number of hydrogen-bond acceptors (Lipinski definition) is 4. The number of carboxylic acids is 3. The van der Waals surface area contributed by atoms with Gasteiger partial charge in [0.25, 0.3) is 0 Å². The molecule has 0 unspecified atom stereocenters. The first-order chi connectivity index (χ1) is 19.4. The number of carbonyl (C=O) groups excluding carboxylic acids is 1. The van der Waals surface area contributed by atoms with Crippen LogP contribution >= 0.6 is 0 Å². The number of benzene rings is 3. The summed E-state index contributed by atoms with van der Waals surface area (Å²) in [4.78, 5) is 32.7. The lowest BCUT2D eigenvalue weighted by Crippen LogP contribution is -2.37. The van der Waals surface area contributed by atoms with E-state index in [-0.39, 0.29) is 12.8 Å². The molecule has 4 rings (SSSR count). The van der Waals surface area contributed by atoms with Gasteiger partial charge in [0, 0.05) is 12.0 Å². The molecular formula is C31H28F3NO6. The molecule has 0 amide bonds. The molecule has 0 aliphatic carbocycles. The van der Waals surface area contributed by atoms with Crippen molar-refractivity contribution in [3.05, 3.63) is 108 Å². The van der Waals surface area contributed by atoms with Crippen LogP contribution in [0.3, 0.4) is 0 Å². The third kappa shape index (κ3) is 9.45. The summed E-state index contributed by atoms with van der Waals surface area (Å²) in [6.45, 7) is 0.847. The molecule has 1 heterocycles. The van der Waals surface area contributed by atoms with Crippen molar-refractivity contribution in [1.29, 1.82) is 0 Å². The number of carboxylic acid groups (broad SMARTS) is 3. The number of allylic oxidation sites excluding steroid dienone is 1. The van der Waals surface area contributed by atoms with Crippen molar-refractivity contribution >= 4 is 24.1 Å². The molecule has 0 bridgehead atoms. The molecule has 0 saturated heterocycles. The number of nitrogens with zero attached hydrogens (tertiary/aromatic N) is 1. The van der Waals surface area contributed by atoms with E-state index in [0.717, 1.165) is 35.2 Å². The van der Waals surface area contributed by atoms with Crippen molar-refractivity contribution in [3.8, 4) is 11.1 Å². The van der Waals surface area contributed by atoms with Gasteiger partial charge < -0.3 is 20.1 Å². The zero-order valence-electron chi connectivity index (χ0n) is 21.8. The minimum absolute atomic E-state index is 0.165. The maximum Gasteiger partial charge on any atom is 0.430 e. The van der Waals surface area contributed by atoms with Gasteiger partial charge in [-0.1, -0.05) is 78.9 Å². The first-order valence-electron chi connectivity index (χ1n) is 12.7. The van der Waals surface area contributed by atoms with Gasteiger partial charge in [-0.2, -0.15) is 13.2 Å². The first kappa shape index (κ1) is 30.8. The number of hydrogen-bond donors (Lipinski definition) is 2. The van der Waals surface area contributed by atoms with Crippen LogP contribution in [-0.2, 0) is 33.8 Å². The monoisotopic (exact) mass is 567 g/mol. The average molecular weight is 568 g/mol. The Hall–Kier alpha value is -4.73. The highest BCUT2D eigenvalue weighted by molar-refractivity contribution is 5.80. The van der Waals surface area contributed by atoms with Crippen LogP contribution in [0.2, 0.25) is 0 Å². The molecule has 1 aliphatic rings. The van der Waals surface area contributed by atoms with Crippen LogP contribution in [0.1, 0.15) is 23.1 Å². The van der Waals surface area contributed by atoms with Crippen molar-refractivity contribution in [2.45, 2.75) is 32.0 Å². The number of carbonyl (C=O) groups is 3. The normalized spacial score (nSPS) is 13.9. The Morgan fingerprint density at radius 3 is 1.59 bits per heavy atom. The van der Waals surface area contributed by atoms with Crippen LogP contribution in [-0.4, -0.2) is 45.1 Å². The first-order valence-corrected chi connectivity index (χ1v) is 12.7. The molecule has 7 nitrogen and oxygen atoms in total. The Labute approximate surface area is 234 Å². The predicted molar refractivity (Wildman–Crippen MR) is 143 cm³/mol. The van der Waals surface area contributed by atoms with E-state index in [1.807, 2.05) is 54.6 Å². The molecule has 214 valence electrons. The van der Waals surface area contributed by atoms with Crippen molar-refractivity contribution < 1.29 is 47.4 Å². The van der Waals surface area contributed by atoms with Gasteiger partial charge in [0.2, 0.25) is 0 Å². The van der Waals surface area contributed by atoms with E-state index in [1.54, 1.807) is 0 Å². The molecule has 0 radical (unpaired) electrons. The van der Waals surface area contributed by atoms with E-state index in [0.29, 0.717) is 0 Å². The fraction of sp³-hybridized carbons (Fsp3) is 0.226. The molecule has 2 atom stereocenters. The average Bonchev–Trinajstić information content (AvgIpc) is 3.45. The Morgan fingerprint density at radius 2 is 1.20 bits per heavy atom. The smallest absolute Gasteiger partial charge is 0.430 e. The van der Waals surface area contributed by atoms with Crippen LogP contribution in [0.5, 0.6) is 0 Å². The summed E-state index contributed by atoms with van der Waals surface area (Å²) in [6.07, 6.45) is 2.51. The summed E-state index contributed by atoms with van der Waals surface area (Å²) >= 11 is 0. The van der Waals surface area contributed by atoms with Crippen LogP contribution in [0.4, 0.5) is 13.2 Å². The lowest BCUT2D eigenvalue weighted by atomic mass is 9.82. The molecule has 3 aromatic carbocycles. The predicted octanol–water partition coefficient (Wildman–Crippen LogP) is 4.34. The van der Waals surface area contributed by atoms with Crippen LogP contribution in [0.25, 0.3) is 11.1 Å². The Morgan fingerprint density at radius 1 is 0.756 bits per heavy atom. The van der Waals surface area contributed by atoms with Crippen LogP contribution < -0.4 is 5.11 Å². The van der Waals surface area contributed by atoms with E-state index in [1.165, 1.54) is 5.56 Å². The van der Waals surface area contributed by atoms with E-state index in [9.17, 15) is 33.0 Å². The lowest BCUT2D eigenvalue weighted by Gasteiger charge is -2.21. The molecule has 10 heteroatoms. The fourth-order valence-electron chi connectivity index (χ4n) is 4.34. The van der Waals surface area contributed by atoms with Crippen molar-refractivity contribution in [2.75, 3.05) is 0 Å². The van der Waals surface area contributed by atoms with E-state index in [4.69, 9.17) is 9.90 Å². The minimum atomic E-state index is -5.19. The van der Waals surface area contributed by atoms with Gasteiger partial charge in [-0.3, -0.25) is 9.59 Å². The molecule has 0 spiro atoms. The van der Waals surface area contributed by atoms with Gasteiger partial charge in [-0.05, 0) is 41.2 Å². The highest BCUT2D eigenvalue weighted by Gasteiger charge is 2.34. The van der Waals surface area contributed by atoms with Gasteiger partial charge in [0.05, 0.1) is 11.8 Å². The standard InChI is InChI=1S/C29H27NO4.C2HF3O2/c31-28(32)26(18-21-6-2-1-3-7-21)27(29(33)34)19-22-8-12-24(13-9-22)25-14-10-23(11-15-25)20-30-16-4-5-17-30;3-2(4,5)1(6)7/h1-4,6-17,26-27H,5,18-20H2,(H-,31,32,33,34);(H,6,7)/t26-,27-;/m0./s1. The van der Waals surface area contributed by atoms with Gasteiger partial charge in [0.15, 0.2) is 12.7 Å². The van der Waals surface area contributed by atoms with E-state index >= 15 is 0 Å². The number of alkyl halides is 3. The second-order valence-corrected chi connectivity index (χ2v) is 9.44. The maximum absolute atomic E-state index is 12.0. The second kappa shape index (κ2) is 14.1. The zero-order chi connectivity index (χ0) is 30.0. The number of rotatable bonds is 10. The summed E-state index contributed by atoms with van der Waals surface area (Å²) < 4.78 is 33.7. The summed E-state index contributed by atoms with van der Waals surface area (Å²) in [5, 5.41) is 28.4. The van der Waals surface area contributed by atoms with Gasteiger partial charge >= 0.3 is 18.1 Å². The highest BCUT2D eigenvalue weighted by Crippen LogP contribution is 2.26. The molecule has 1 aliphatic heterocycles. The molecule has 2 N–H and O–H groups in total. The third-order valence-electron chi connectivity index (χ3n) is 6.48. The molecule has 0 saturated carbocycles. The minimum Gasteiger partial charge on any atom is -0.542 e. The van der Waals surface area contributed by atoms with Crippen LogP contribution in [0, 0.1) is 11.8 Å². The van der Waals surface area contributed by atoms with Gasteiger partial charge in [0.1, 0.15) is 12.2 Å². The molecule has 0 aromatic heterocycles. The topological polar surface area (TPSA) is 118 Å². The molecule has 3 aromatic rings. The Kier molecular flexibility index (Phi) is 10.6. The van der Waals surface area contributed by atoms with Crippen molar-refractivity contribution in [2.24, 2.45) is 11.8 Å². The Balaban J connectivity index is 0.000000587. The highest BCUT2D eigenvalue weighted by atomic mass is 19.4. The summed E-state index contributed by atoms with van der Waals surface area (Å²) in [6, 6.07) is 25.3. The second-order valence-electron chi connectivity index (χ2n) is 9.44. The molecular weight excluding hydrogens is 539 g/mol. The molecule has 41 heavy (non-hydrogen) atoms. The number of halogens is 3. The SMILES string of the molecule is O=C(O)[C@@H](Cc1ccccc1)[C@H](Cc1ccc(-c2ccc(C[N+]3=CCC=C3)cc2)cc1)C(=O)O.O=C([O-])C(F)(F)F. The summed E-state index contributed by atoms with van der Waals surface area (Å²) in [5.74, 6) is -7.20.